The molecule has 0 radical (unpaired) electrons. The van der Waals surface area contributed by atoms with E-state index in [2.05, 4.69) is 10.0 Å². The molecule has 1 saturated carbocycles. The highest BCUT2D eigenvalue weighted by Crippen LogP contribution is 2.26. The zero-order valence-corrected chi connectivity index (χ0v) is 24.2. The van der Waals surface area contributed by atoms with Gasteiger partial charge < -0.3 is 15.0 Å². The van der Waals surface area contributed by atoms with Gasteiger partial charge in [0.05, 0.1) is 11.0 Å². The molecule has 0 aromatic heterocycles. The maximum atomic E-state index is 13.9. The Labute approximate surface area is 246 Å². The molecule has 5 rings (SSSR count). The Balaban J connectivity index is 1.35. The first-order valence-electron chi connectivity index (χ1n) is 14.4. The summed E-state index contributed by atoms with van der Waals surface area (Å²) in [7, 11) is -3.56. The molecule has 0 bridgehead atoms. The first-order chi connectivity index (χ1) is 20.3. The van der Waals surface area contributed by atoms with Crippen LogP contribution in [0.5, 0.6) is 0 Å². The van der Waals surface area contributed by atoms with Crippen molar-refractivity contribution in [3.05, 3.63) is 101 Å². The molecule has 3 aromatic carbocycles. The van der Waals surface area contributed by atoms with Crippen LogP contribution in [-0.2, 0) is 37.3 Å². The molecule has 3 aromatic rings. The van der Waals surface area contributed by atoms with Crippen LogP contribution in [0.4, 0.5) is 4.39 Å². The van der Waals surface area contributed by atoms with Gasteiger partial charge in [-0.15, -0.1) is 0 Å². The van der Waals surface area contributed by atoms with E-state index in [-0.39, 0.29) is 47.6 Å². The Morgan fingerprint density at radius 3 is 2.26 bits per heavy atom. The zero-order valence-electron chi connectivity index (χ0n) is 23.4. The van der Waals surface area contributed by atoms with Gasteiger partial charge in [-0.3, -0.25) is 9.59 Å². The molecule has 1 aliphatic carbocycles. The predicted molar refractivity (Wildman–Crippen MR) is 156 cm³/mol. The highest BCUT2D eigenvalue weighted by atomic mass is 32.2. The van der Waals surface area contributed by atoms with Gasteiger partial charge in [0.1, 0.15) is 11.9 Å². The van der Waals surface area contributed by atoms with E-state index in [0.717, 1.165) is 31.2 Å². The van der Waals surface area contributed by atoms with E-state index in [1.807, 2.05) is 30.3 Å². The van der Waals surface area contributed by atoms with Crippen molar-refractivity contribution in [1.82, 2.24) is 14.9 Å². The van der Waals surface area contributed by atoms with Crippen molar-refractivity contribution in [2.75, 3.05) is 13.2 Å². The number of sulfonamides is 1. The van der Waals surface area contributed by atoms with Crippen LogP contribution in [-0.4, -0.2) is 50.4 Å². The summed E-state index contributed by atoms with van der Waals surface area (Å²) in [4.78, 5) is 29.3. The molecule has 0 unspecified atom stereocenters. The third-order valence-electron chi connectivity index (χ3n) is 7.55. The minimum Gasteiger partial charge on any atom is -0.376 e. The molecule has 42 heavy (non-hydrogen) atoms. The lowest BCUT2D eigenvalue weighted by molar-refractivity contribution is -0.141. The average molecular weight is 594 g/mol. The van der Waals surface area contributed by atoms with Crippen LogP contribution in [0.2, 0.25) is 0 Å². The summed E-state index contributed by atoms with van der Waals surface area (Å²) >= 11 is 0. The summed E-state index contributed by atoms with van der Waals surface area (Å²) in [5.41, 5.74) is 2.15. The van der Waals surface area contributed by atoms with Crippen LogP contribution in [0.1, 0.15) is 54.8 Å². The molecular formula is C32H36FN3O5S. The van der Waals surface area contributed by atoms with Crippen LogP contribution in [0, 0.1) is 5.82 Å². The second kappa shape index (κ2) is 13.6. The summed E-state index contributed by atoms with van der Waals surface area (Å²) in [6.07, 6.45) is 3.91. The SMILES string of the molecule is O=C(NC[C@H]1CCCO1)[C@@H](c1ccccc1)N(Cc1ccc(F)cc1)C(=O)CCc1ccc(S(=O)(=O)NC2CC2)cc1. The molecule has 2 atom stereocenters. The second-order valence-corrected chi connectivity index (χ2v) is 12.6. The van der Waals surface area contributed by atoms with E-state index in [1.54, 1.807) is 36.4 Å². The van der Waals surface area contributed by atoms with Crippen molar-refractivity contribution in [2.45, 2.75) is 68.2 Å². The van der Waals surface area contributed by atoms with Gasteiger partial charge in [0.25, 0.3) is 0 Å². The van der Waals surface area contributed by atoms with Crippen LogP contribution in [0.15, 0.2) is 83.8 Å². The summed E-state index contributed by atoms with van der Waals surface area (Å²) < 4.78 is 47.0. The lowest BCUT2D eigenvalue weighted by Crippen LogP contribution is -2.45. The maximum absolute atomic E-state index is 13.9. The number of nitrogens with one attached hydrogen (secondary N) is 2. The van der Waals surface area contributed by atoms with E-state index < -0.39 is 16.1 Å². The molecule has 8 nitrogen and oxygen atoms in total. The average Bonchev–Trinajstić information content (AvgIpc) is 3.64. The standard InChI is InChI=1S/C32H36FN3O5S/c33-26-13-8-24(9-14-26)22-36(31(25-5-2-1-3-6-25)32(38)34-21-28-7-4-20-41-28)30(37)19-12-23-10-17-29(18-11-23)42(39,40)35-27-15-16-27/h1-3,5-6,8-11,13-14,17-18,27-28,31,35H,4,7,12,15-16,19-22H2,(H,34,38)/t28-,31-/m1/s1. The zero-order chi connectivity index (χ0) is 29.5. The second-order valence-electron chi connectivity index (χ2n) is 10.9. The fourth-order valence-electron chi connectivity index (χ4n) is 5.05. The normalized spacial score (nSPS) is 17.5. The number of aryl methyl sites for hydroxylation is 1. The Hall–Kier alpha value is -3.60. The lowest BCUT2D eigenvalue weighted by atomic mass is 10.0. The number of rotatable bonds is 13. The number of carbonyl (C=O) groups excluding carboxylic acids is 2. The third-order valence-corrected chi connectivity index (χ3v) is 9.09. The minimum absolute atomic E-state index is 0.0137. The number of benzene rings is 3. The number of halogens is 1. The molecule has 2 N–H and O–H groups in total. The molecule has 1 aliphatic heterocycles. The fourth-order valence-corrected chi connectivity index (χ4v) is 6.36. The van der Waals surface area contributed by atoms with Crippen LogP contribution in [0.25, 0.3) is 0 Å². The smallest absolute Gasteiger partial charge is 0.247 e. The molecule has 222 valence electrons. The quantitative estimate of drug-likeness (QED) is 0.308. The summed E-state index contributed by atoms with van der Waals surface area (Å²) in [5, 5.41) is 2.98. The largest absolute Gasteiger partial charge is 0.376 e. The number of amides is 2. The molecular weight excluding hydrogens is 557 g/mol. The van der Waals surface area contributed by atoms with Crippen LogP contribution >= 0.6 is 0 Å². The Bertz CT molecular complexity index is 1460. The van der Waals surface area contributed by atoms with Crippen molar-refractivity contribution < 1.29 is 27.1 Å². The van der Waals surface area contributed by atoms with Gasteiger partial charge in [0, 0.05) is 32.2 Å². The summed E-state index contributed by atoms with van der Waals surface area (Å²) in [5.74, 6) is -0.958. The predicted octanol–water partition coefficient (Wildman–Crippen LogP) is 4.26. The van der Waals surface area contributed by atoms with Crippen molar-refractivity contribution in [3.8, 4) is 0 Å². The van der Waals surface area contributed by atoms with Crippen LogP contribution in [0.3, 0.4) is 0 Å². The number of hydrogen-bond acceptors (Lipinski definition) is 5. The number of ether oxygens (including phenoxy) is 1. The number of hydrogen-bond donors (Lipinski definition) is 2. The van der Waals surface area contributed by atoms with Crippen molar-refractivity contribution >= 4 is 21.8 Å². The van der Waals surface area contributed by atoms with Gasteiger partial charge in [0.2, 0.25) is 21.8 Å². The first kappa shape index (κ1) is 29.9. The summed E-state index contributed by atoms with van der Waals surface area (Å²) in [6.45, 7) is 1.13. The molecule has 1 heterocycles. The molecule has 2 amide bonds. The van der Waals surface area contributed by atoms with Crippen molar-refractivity contribution in [2.24, 2.45) is 0 Å². The molecule has 2 aliphatic rings. The molecule has 10 heteroatoms. The van der Waals surface area contributed by atoms with Crippen molar-refractivity contribution in [1.29, 1.82) is 0 Å². The number of nitrogens with zero attached hydrogens (tertiary/aromatic N) is 1. The maximum Gasteiger partial charge on any atom is 0.247 e. The van der Waals surface area contributed by atoms with E-state index in [1.165, 1.54) is 17.0 Å². The molecule has 1 saturated heterocycles. The first-order valence-corrected chi connectivity index (χ1v) is 15.9. The van der Waals surface area contributed by atoms with E-state index in [0.29, 0.717) is 30.7 Å². The summed E-state index contributed by atoms with van der Waals surface area (Å²) in [6, 6.07) is 20.6. The van der Waals surface area contributed by atoms with Gasteiger partial charge in [-0.05, 0) is 73.1 Å². The third kappa shape index (κ3) is 8.02. The fraction of sp³-hybridized carbons (Fsp3) is 0.375. The van der Waals surface area contributed by atoms with Gasteiger partial charge in [0.15, 0.2) is 0 Å². The topological polar surface area (TPSA) is 105 Å². The highest BCUT2D eigenvalue weighted by Gasteiger charge is 2.32. The van der Waals surface area contributed by atoms with Gasteiger partial charge in [-0.1, -0.05) is 54.6 Å². The highest BCUT2D eigenvalue weighted by molar-refractivity contribution is 7.89. The Morgan fingerprint density at radius 2 is 1.62 bits per heavy atom. The van der Waals surface area contributed by atoms with Gasteiger partial charge >= 0.3 is 0 Å². The Morgan fingerprint density at radius 1 is 0.929 bits per heavy atom. The minimum atomic E-state index is -3.56. The monoisotopic (exact) mass is 593 g/mol. The molecule has 2 fully saturated rings. The Kier molecular flexibility index (Phi) is 9.66. The van der Waals surface area contributed by atoms with E-state index in [9.17, 15) is 22.4 Å². The van der Waals surface area contributed by atoms with Crippen LogP contribution < -0.4 is 10.0 Å². The molecule has 0 spiro atoms. The van der Waals surface area contributed by atoms with Gasteiger partial charge in [-0.2, -0.15) is 0 Å². The lowest BCUT2D eigenvalue weighted by Gasteiger charge is -2.32. The number of carbonyl (C=O) groups is 2. The van der Waals surface area contributed by atoms with E-state index >= 15 is 0 Å². The van der Waals surface area contributed by atoms with E-state index in [4.69, 9.17) is 4.74 Å². The van der Waals surface area contributed by atoms with Crippen molar-refractivity contribution in [3.63, 3.8) is 0 Å². The van der Waals surface area contributed by atoms with Gasteiger partial charge in [-0.25, -0.2) is 17.5 Å².